The minimum atomic E-state index is 0.614. The monoisotopic (exact) mass is 261 g/mol. The Hall–Kier alpha value is -0.820. The summed E-state index contributed by atoms with van der Waals surface area (Å²) >= 11 is 0. The van der Waals surface area contributed by atoms with Crippen molar-refractivity contribution in [2.75, 3.05) is 6.54 Å². The summed E-state index contributed by atoms with van der Waals surface area (Å²) in [6.45, 7) is 12.6. The SMILES string of the molecule is CC(C)CCC(C)NCC(c1ccccc1)C(C)C. The zero-order chi connectivity index (χ0) is 14.3. The van der Waals surface area contributed by atoms with E-state index < -0.39 is 0 Å². The van der Waals surface area contributed by atoms with Crippen molar-refractivity contribution in [1.82, 2.24) is 5.32 Å². The maximum Gasteiger partial charge on any atom is 0.00390 e. The highest BCUT2D eigenvalue weighted by Gasteiger charge is 2.16. The van der Waals surface area contributed by atoms with Crippen LogP contribution in [0.15, 0.2) is 30.3 Å². The third kappa shape index (κ3) is 6.24. The molecule has 2 unspecified atom stereocenters. The fourth-order valence-corrected chi connectivity index (χ4v) is 2.45. The first-order valence-electron chi connectivity index (χ1n) is 7.79. The molecule has 0 radical (unpaired) electrons. The van der Waals surface area contributed by atoms with Crippen molar-refractivity contribution in [3.8, 4) is 0 Å². The first-order chi connectivity index (χ1) is 9.00. The van der Waals surface area contributed by atoms with Gasteiger partial charge in [-0.15, -0.1) is 0 Å². The molecule has 0 saturated carbocycles. The number of benzene rings is 1. The fraction of sp³-hybridized carbons (Fsp3) is 0.667. The molecule has 1 nitrogen and oxygen atoms in total. The minimum Gasteiger partial charge on any atom is -0.314 e. The molecule has 0 aliphatic carbocycles. The Morgan fingerprint density at radius 2 is 1.53 bits per heavy atom. The molecule has 1 N–H and O–H groups in total. The van der Waals surface area contributed by atoms with Crippen molar-refractivity contribution in [2.24, 2.45) is 11.8 Å². The standard InChI is InChI=1S/C18H31N/c1-14(2)11-12-16(5)19-13-18(15(3)4)17-9-7-6-8-10-17/h6-10,14-16,18-19H,11-13H2,1-5H3. The number of nitrogens with one attached hydrogen (secondary N) is 1. The van der Waals surface area contributed by atoms with Crippen LogP contribution < -0.4 is 5.32 Å². The molecule has 1 heteroatoms. The van der Waals surface area contributed by atoms with Crippen LogP contribution in [0.4, 0.5) is 0 Å². The van der Waals surface area contributed by atoms with Gasteiger partial charge in [0.2, 0.25) is 0 Å². The van der Waals surface area contributed by atoms with E-state index in [1.807, 2.05) is 0 Å². The van der Waals surface area contributed by atoms with Crippen molar-refractivity contribution in [3.05, 3.63) is 35.9 Å². The summed E-state index contributed by atoms with van der Waals surface area (Å²) in [6, 6.07) is 11.5. The molecule has 0 aliphatic heterocycles. The molecule has 0 aromatic heterocycles. The van der Waals surface area contributed by atoms with Gasteiger partial charge in [0.1, 0.15) is 0 Å². The summed E-state index contributed by atoms with van der Waals surface area (Å²) in [7, 11) is 0. The fourth-order valence-electron chi connectivity index (χ4n) is 2.45. The molecule has 0 saturated heterocycles. The lowest BCUT2D eigenvalue weighted by atomic mass is 9.88. The molecule has 19 heavy (non-hydrogen) atoms. The van der Waals surface area contributed by atoms with Crippen molar-refractivity contribution in [2.45, 2.75) is 59.4 Å². The lowest BCUT2D eigenvalue weighted by molar-refractivity contribution is 0.401. The molecule has 0 spiro atoms. The van der Waals surface area contributed by atoms with Crippen LogP contribution in [0.1, 0.15) is 58.9 Å². The van der Waals surface area contributed by atoms with Crippen molar-refractivity contribution < 1.29 is 0 Å². The highest BCUT2D eigenvalue weighted by atomic mass is 14.9. The topological polar surface area (TPSA) is 12.0 Å². The Bertz CT molecular complexity index is 329. The predicted molar refractivity (Wildman–Crippen MR) is 85.6 cm³/mol. The molecule has 1 aromatic carbocycles. The zero-order valence-corrected chi connectivity index (χ0v) is 13.3. The van der Waals surface area contributed by atoms with Gasteiger partial charge in [-0.05, 0) is 43.1 Å². The third-order valence-electron chi connectivity index (χ3n) is 3.90. The Morgan fingerprint density at radius 3 is 2.05 bits per heavy atom. The lowest BCUT2D eigenvalue weighted by Gasteiger charge is -2.24. The van der Waals surface area contributed by atoms with Crippen LogP contribution >= 0.6 is 0 Å². The molecular weight excluding hydrogens is 230 g/mol. The van der Waals surface area contributed by atoms with E-state index in [9.17, 15) is 0 Å². The molecule has 0 amide bonds. The van der Waals surface area contributed by atoms with Crippen LogP contribution in [0.25, 0.3) is 0 Å². The molecule has 1 rings (SSSR count). The largest absolute Gasteiger partial charge is 0.314 e. The summed E-state index contributed by atoms with van der Waals surface area (Å²) in [6.07, 6.45) is 2.59. The summed E-state index contributed by atoms with van der Waals surface area (Å²) in [5.41, 5.74) is 1.46. The Balaban J connectivity index is 2.47. The number of hydrogen-bond acceptors (Lipinski definition) is 1. The minimum absolute atomic E-state index is 0.614. The highest BCUT2D eigenvalue weighted by molar-refractivity contribution is 5.20. The second-order valence-electron chi connectivity index (χ2n) is 6.54. The van der Waals surface area contributed by atoms with Crippen LogP contribution in [0.2, 0.25) is 0 Å². The van der Waals surface area contributed by atoms with Crippen molar-refractivity contribution >= 4 is 0 Å². The van der Waals surface area contributed by atoms with Gasteiger partial charge >= 0.3 is 0 Å². The van der Waals surface area contributed by atoms with E-state index in [4.69, 9.17) is 0 Å². The quantitative estimate of drug-likeness (QED) is 0.706. The summed E-state index contributed by atoms with van der Waals surface area (Å²) in [5, 5.41) is 3.72. The van der Waals surface area contributed by atoms with Crippen molar-refractivity contribution in [3.63, 3.8) is 0 Å². The molecule has 1 aromatic rings. The zero-order valence-electron chi connectivity index (χ0n) is 13.3. The number of rotatable bonds is 8. The third-order valence-corrected chi connectivity index (χ3v) is 3.90. The summed E-state index contributed by atoms with van der Waals surface area (Å²) in [5.74, 6) is 2.09. The van der Waals surface area contributed by atoms with Gasteiger partial charge in [0.25, 0.3) is 0 Å². The van der Waals surface area contributed by atoms with Gasteiger partial charge in [-0.1, -0.05) is 58.0 Å². The molecule has 2 atom stereocenters. The van der Waals surface area contributed by atoms with Crippen LogP contribution in [0.5, 0.6) is 0 Å². The summed E-state index contributed by atoms with van der Waals surface area (Å²) in [4.78, 5) is 0. The first kappa shape index (κ1) is 16.2. The van der Waals surface area contributed by atoms with Gasteiger partial charge < -0.3 is 5.32 Å². The molecular formula is C18H31N. The molecule has 0 bridgehead atoms. The van der Waals surface area contributed by atoms with E-state index in [0.29, 0.717) is 17.9 Å². The Kier molecular flexibility index (Phi) is 7.15. The van der Waals surface area contributed by atoms with Gasteiger partial charge in [0.05, 0.1) is 0 Å². The van der Waals surface area contributed by atoms with E-state index in [0.717, 1.165) is 12.5 Å². The van der Waals surface area contributed by atoms with Gasteiger partial charge in [-0.2, -0.15) is 0 Å². The smallest absolute Gasteiger partial charge is 0.00390 e. The van der Waals surface area contributed by atoms with E-state index in [-0.39, 0.29) is 0 Å². The first-order valence-corrected chi connectivity index (χ1v) is 7.79. The summed E-state index contributed by atoms with van der Waals surface area (Å²) < 4.78 is 0. The van der Waals surface area contributed by atoms with Crippen LogP contribution in [0, 0.1) is 11.8 Å². The van der Waals surface area contributed by atoms with Gasteiger partial charge in [0, 0.05) is 12.6 Å². The van der Waals surface area contributed by atoms with Gasteiger partial charge in [-0.25, -0.2) is 0 Å². The molecule has 108 valence electrons. The second kappa shape index (κ2) is 8.37. The lowest BCUT2D eigenvalue weighted by Crippen LogP contribution is -2.32. The van der Waals surface area contributed by atoms with E-state index >= 15 is 0 Å². The van der Waals surface area contributed by atoms with E-state index in [2.05, 4.69) is 70.3 Å². The maximum absolute atomic E-state index is 3.72. The van der Waals surface area contributed by atoms with Crippen LogP contribution in [-0.4, -0.2) is 12.6 Å². The highest BCUT2D eigenvalue weighted by Crippen LogP contribution is 2.23. The molecule has 0 aliphatic rings. The molecule has 0 fully saturated rings. The number of hydrogen-bond donors (Lipinski definition) is 1. The average Bonchev–Trinajstić information content (AvgIpc) is 2.37. The Labute approximate surface area is 119 Å². The maximum atomic E-state index is 3.72. The van der Waals surface area contributed by atoms with E-state index in [1.54, 1.807) is 0 Å². The van der Waals surface area contributed by atoms with Crippen LogP contribution in [-0.2, 0) is 0 Å². The predicted octanol–water partition coefficient (Wildman–Crippen LogP) is 4.84. The normalized spacial score (nSPS) is 14.9. The van der Waals surface area contributed by atoms with Crippen LogP contribution in [0.3, 0.4) is 0 Å². The van der Waals surface area contributed by atoms with E-state index in [1.165, 1.54) is 18.4 Å². The molecule has 0 heterocycles. The Morgan fingerprint density at radius 1 is 0.895 bits per heavy atom. The van der Waals surface area contributed by atoms with Crippen molar-refractivity contribution in [1.29, 1.82) is 0 Å². The second-order valence-corrected chi connectivity index (χ2v) is 6.54. The average molecular weight is 261 g/mol. The van der Waals surface area contributed by atoms with Gasteiger partial charge in [-0.3, -0.25) is 0 Å². The van der Waals surface area contributed by atoms with Gasteiger partial charge in [0.15, 0.2) is 0 Å².